The average molecular weight is 237 g/mol. The molecule has 2 rings (SSSR count). The first-order valence-electron chi connectivity index (χ1n) is 5.13. The molecule has 84 valence electrons. The lowest BCUT2D eigenvalue weighted by atomic mass is 10.2. The molecule has 0 atom stereocenters. The Morgan fingerprint density at radius 2 is 2.12 bits per heavy atom. The van der Waals surface area contributed by atoms with Gasteiger partial charge in [0.25, 0.3) is 0 Å². The van der Waals surface area contributed by atoms with Crippen molar-refractivity contribution in [3.8, 4) is 11.5 Å². The molecule has 0 aliphatic heterocycles. The lowest BCUT2D eigenvalue weighted by molar-refractivity contribution is 0.539. The van der Waals surface area contributed by atoms with Crippen LogP contribution in [-0.2, 0) is 6.42 Å². The maximum Gasteiger partial charge on any atom is 0.228 e. The molecule has 4 heteroatoms. The van der Waals surface area contributed by atoms with Crippen molar-refractivity contribution >= 4 is 11.6 Å². The van der Waals surface area contributed by atoms with Crippen LogP contribution in [0.2, 0.25) is 5.02 Å². The van der Waals surface area contributed by atoms with Crippen molar-refractivity contribution < 1.29 is 4.42 Å². The summed E-state index contributed by atoms with van der Waals surface area (Å²) in [4.78, 5) is 4.40. The van der Waals surface area contributed by atoms with Gasteiger partial charge in [-0.15, -0.1) is 0 Å². The van der Waals surface area contributed by atoms with Crippen molar-refractivity contribution in [3.63, 3.8) is 0 Å². The first kappa shape index (κ1) is 11.2. The maximum atomic E-state index is 6.07. The van der Waals surface area contributed by atoms with Crippen LogP contribution >= 0.6 is 11.6 Å². The predicted octanol–water partition coefficient (Wildman–Crippen LogP) is 2.80. The van der Waals surface area contributed by atoms with Crippen LogP contribution in [0.1, 0.15) is 11.5 Å². The van der Waals surface area contributed by atoms with Crippen LogP contribution in [0.15, 0.2) is 28.7 Å². The summed E-state index contributed by atoms with van der Waals surface area (Å²) in [5.74, 6) is 1.37. The maximum absolute atomic E-state index is 6.07. The number of rotatable bonds is 3. The molecule has 0 amide bonds. The smallest absolute Gasteiger partial charge is 0.228 e. The van der Waals surface area contributed by atoms with Gasteiger partial charge in [-0.3, -0.25) is 0 Å². The fraction of sp³-hybridized carbons (Fsp3) is 0.250. The third-order valence-electron chi connectivity index (χ3n) is 2.38. The van der Waals surface area contributed by atoms with Crippen molar-refractivity contribution in [1.82, 2.24) is 4.98 Å². The molecule has 0 saturated carbocycles. The second-order valence-corrected chi connectivity index (χ2v) is 3.95. The van der Waals surface area contributed by atoms with E-state index < -0.39 is 0 Å². The van der Waals surface area contributed by atoms with E-state index in [1.807, 2.05) is 31.2 Å². The minimum absolute atomic E-state index is 0.562. The highest BCUT2D eigenvalue weighted by Crippen LogP contribution is 2.28. The van der Waals surface area contributed by atoms with Crippen LogP contribution in [0.5, 0.6) is 0 Å². The van der Waals surface area contributed by atoms with Gasteiger partial charge in [0.15, 0.2) is 0 Å². The number of aryl methyl sites for hydroxylation is 1. The first-order valence-corrected chi connectivity index (χ1v) is 5.51. The molecule has 2 N–H and O–H groups in total. The Morgan fingerprint density at radius 3 is 2.81 bits per heavy atom. The minimum Gasteiger partial charge on any atom is -0.441 e. The van der Waals surface area contributed by atoms with E-state index in [2.05, 4.69) is 4.98 Å². The predicted molar refractivity (Wildman–Crippen MR) is 64.4 cm³/mol. The van der Waals surface area contributed by atoms with E-state index in [-0.39, 0.29) is 0 Å². The van der Waals surface area contributed by atoms with E-state index in [4.69, 9.17) is 21.8 Å². The summed E-state index contributed by atoms with van der Waals surface area (Å²) >= 11 is 6.07. The minimum atomic E-state index is 0.562. The van der Waals surface area contributed by atoms with Crippen molar-refractivity contribution in [1.29, 1.82) is 0 Å². The molecule has 0 spiro atoms. The van der Waals surface area contributed by atoms with Crippen LogP contribution in [0.25, 0.3) is 11.5 Å². The SMILES string of the molecule is Cc1oc(-c2ccccc2Cl)nc1CCN. The van der Waals surface area contributed by atoms with E-state index in [9.17, 15) is 0 Å². The second-order valence-electron chi connectivity index (χ2n) is 3.54. The molecule has 16 heavy (non-hydrogen) atoms. The van der Waals surface area contributed by atoms with Gasteiger partial charge in [-0.05, 0) is 25.6 Å². The van der Waals surface area contributed by atoms with Crippen LogP contribution in [0, 0.1) is 6.92 Å². The zero-order chi connectivity index (χ0) is 11.5. The quantitative estimate of drug-likeness (QED) is 0.892. The summed E-state index contributed by atoms with van der Waals surface area (Å²) < 4.78 is 5.58. The lowest BCUT2D eigenvalue weighted by Gasteiger charge is -1.97. The Labute approximate surface area is 99.2 Å². The molecular weight excluding hydrogens is 224 g/mol. The second kappa shape index (κ2) is 4.68. The number of halogens is 1. The van der Waals surface area contributed by atoms with Crippen LogP contribution in [0.4, 0.5) is 0 Å². The van der Waals surface area contributed by atoms with Gasteiger partial charge in [0.2, 0.25) is 5.89 Å². The Kier molecular flexibility index (Phi) is 3.27. The molecule has 0 saturated heterocycles. The van der Waals surface area contributed by atoms with Gasteiger partial charge in [0.1, 0.15) is 5.76 Å². The summed E-state index contributed by atoms with van der Waals surface area (Å²) in [6.45, 7) is 2.45. The number of nitrogens with two attached hydrogens (primary N) is 1. The average Bonchev–Trinajstić information content (AvgIpc) is 2.61. The van der Waals surface area contributed by atoms with E-state index in [1.165, 1.54) is 0 Å². The molecule has 0 aliphatic rings. The van der Waals surface area contributed by atoms with Gasteiger partial charge < -0.3 is 10.2 Å². The van der Waals surface area contributed by atoms with Crippen LogP contribution in [0.3, 0.4) is 0 Å². The number of nitrogens with zero attached hydrogens (tertiary/aromatic N) is 1. The molecule has 0 bridgehead atoms. The number of benzene rings is 1. The topological polar surface area (TPSA) is 52.0 Å². The van der Waals surface area contributed by atoms with Crippen LogP contribution < -0.4 is 5.73 Å². The summed E-state index contributed by atoms with van der Waals surface area (Å²) in [6.07, 6.45) is 0.722. The summed E-state index contributed by atoms with van der Waals surface area (Å²) in [6, 6.07) is 7.49. The molecule has 3 nitrogen and oxygen atoms in total. The molecule has 0 radical (unpaired) electrons. The Hall–Kier alpha value is -1.32. The number of aromatic nitrogens is 1. The van der Waals surface area contributed by atoms with Gasteiger partial charge in [0.05, 0.1) is 16.3 Å². The van der Waals surface area contributed by atoms with Gasteiger partial charge in [-0.2, -0.15) is 0 Å². The standard InChI is InChI=1S/C12H13ClN2O/c1-8-11(6-7-14)15-12(16-8)9-4-2-3-5-10(9)13/h2-5H,6-7,14H2,1H3. The molecule has 0 unspecified atom stereocenters. The van der Waals surface area contributed by atoms with Crippen molar-refractivity contribution in [2.24, 2.45) is 5.73 Å². The Morgan fingerprint density at radius 1 is 1.38 bits per heavy atom. The largest absolute Gasteiger partial charge is 0.441 e. The highest BCUT2D eigenvalue weighted by molar-refractivity contribution is 6.33. The van der Waals surface area contributed by atoms with Crippen molar-refractivity contribution in [2.45, 2.75) is 13.3 Å². The first-order chi connectivity index (χ1) is 7.72. The zero-order valence-corrected chi connectivity index (χ0v) is 9.79. The summed E-state index contributed by atoms with van der Waals surface area (Å²) in [5.41, 5.74) is 7.22. The van der Waals surface area contributed by atoms with Crippen molar-refractivity contribution in [2.75, 3.05) is 6.54 Å². The molecule has 0 fully saturated rings. The third kappa shape index (κ3) is 2.10. The summed E-state index contributed by atoms with van der Waals surface area (Å²) in [7, 11) is 0. The Bertz CT molecular complexity index is 494. The van der Waals surface area contributed by atoms with Crippen LogP contribution in [-0.4, -0.2) is 11.5 Å². The fourth-order valence-corrected chi connectivity index (χ4v) is 1.76. The highest BCUT2D eigenvalue weighted by Gasteiger charge is 2.12. The monoisotopic (exact) mass is 236 g/mol. The van der Waals surface area contributed by atoms with Gasteiger partial charge in [-0.25, -0.2) is 4.98 Å². The molecule has 1 aromatic carbocycles. The zero-order valence-electron chi connectivity index (χ0n) is 9.03. The van der Waals surface area contributed by atoms with E-state index in [0.717, 1.165) is 23.4 Å². The molecule has 1 aromatic heterocycles. The summed E-state index contributed by atoms with van der Waals surface area (Å²) in [5, 5.41) is 0.642. The third-order valence-corrected chi connectivity index (χ3v) is 2.71. The molecule has 2 aromatic rings. The Balaban J connectivity index is 2.42. The number of oxazole rings is 1. The molecular formula is C12H13ClN2O. The van der Waals surface area contributed by atoms with E-state index in [1.54, 1.807) is 0 Å². The number of hydrogen-bond acceptors (Lipinski definition) is 3. The van der Waals surface area contributed by atoms with Gasteiger partial charge in [0, 0.05) is 6.42 Å². The molecule has 0 aliphatic carbocycles. The van der Waals surface area contributed by atoms with Gasteiger partial charge >= 0.3 is 0 Å². The highest BCUT2D eigenvalue weighted by atomic mass is 35.5. The van der Waals surface area contributed by atoms with E-state index >= 15 is 0 Å². The van der Waals surface area contributed by atoms with E-state index in [0.29, 0.717) is 17.5 Å². The molecule has 1 heterocycles. The number of hydrogen-bond donors (Lipinski definition) is 1. The fourth-order valence-electron chi connectivity index (χ4n) is 1.55. The lowest BCUT2D eigenvalue weighted by Crippen LogP contribution is -2.03. The normalized spacial score (nSPS) is 10.7. The van der Waals surface area contributed by atoms with Gasteiger partial charge in [-0.1, -0.05) is 23.7 Å². The van der Waals surface area contributed by atoms with Crippen molar-refractivity contribution in [3.05, 3.63) is 40.7 Å².